The first-order valence-corrected chi connectivity index (χ1v) is 6.76. The standard InChI is InChI=1S/C14H25N3O/c1-3-17(4-2)12-14(18)11-16-9-7-13-6-5-8-15-10-13/h5-6,8,10,14,16,18H,3-4,7,9,11-12H2,1-2H3. The van der Waals surface area contributed by atoms with Crippen LogP contribution in [0.1, 0.15) is 19.4 Å². The van der Waals surface area contributed by atoms with Crippen LogP contribution < -0.4 is 5.32 Å². The molecule has 1 atom stereocenters. The summed E-state index contributed by atoms with van der Waals surface area (Å²) in [5.74, 6) is 0. The van der Waals surface area contributed by atoms with Gasteiger partial charge in [0, 0.05) is 25.5 Å². The van der Waals surface area contributed by atoms with E-state index in [1.54, 1.807) is 6.20 Å². The van der Waals surface area contributed by atoms with E-state index < -0.39 is 0 Å². The summed E-state index contributed by atoms with van der Waals surface area (Å²) in [6.45, 7) is 8.48. The van der Waals surface area contributed by atoms with Gasteiger partial charge in [0.1, 0.15) is 0 Å². The molecule has 1 rings (SSSR count). The van der Waals surface area contributed by atoms with Gasteiger partial charge in [-0.1, -0.05) is 19.9 Å². The van der Waals surface area contributed by atoms with Gasteiger partial charge in [0.25, 0.3) is 0 Å². The van der Waals surface area contributed by atoms with Crippen molar-refractivity contribution in [2.75, 3.05) is 32.7 Å². The second-order valence-corrected chi connectivity index (χ2v) is 4.46. The lowest BCUT2D eigenvalue weighted by molar-refractivity contribution is 0.117. The first-order chi connectivity index (χ1) is 8.76. The third-order valence-corrected chi connectivity index (χ3v) is 3.06. The summed E-state index contributed by atoms with van der Waals surface area (Å²) < 4.78 is 0. The van der Waals surface area contributed by atoms with E-state index >= 15 is 0 Å². The molecule has 1 aromatic heterocycles. The normalized spacial score (nSPS) is 12.9. The fraction of sp³-hybridized carbons (Fsp3) is 0.643. The SMILES string of the molecule is CCN(CC)CC(O)CNCCc1cccnc1. The van der Waals surface area contributed by atoms with Crippen molar-refractivity contribution in [3.63, 3.8) is 0 Å². The highest BCUT2D eigenvalue weighted by molar-refractivity contribution is 5.08. The lowest BCUT2D eigenvalue weighted by atomic mass is 10.2. The number of nitrogens with one attached hydrogen (secondary N) is 1. The zero-order valence-electron chi connectivity index (χ0n) is 11.5. The molecular weight excluding hydrogens is 226 g/mol. The smallest absolute Gasteiger partial charge is 0.0791 e. The Morgan fingerprint density at radius 2 is 2.17 bits per heavy atom. The molecule has 2 N–H and O–H groups in total. The first-order valence-electron chi connectivity index (χ1n) is 6.76. The summed E-state index contributed by atoms with van der Waals surface area (Å²) in [5.41, 5.74) is 1.23. The molecule has 1 aromatic rings. The van der Waals surface area contributed by atoms with Crippen LogP contribution in [0.4, 0.5) is 0 Å². The Labute approximate surface area is 110 Å². The van der Waals surface area contributed by atoms with Crippen molar-refractivity contribution in [3.05, 3.63) is 30.1 Å². The molecule has 1 unspecified atom stereocenters. The summed E-state index contributed by atoms with van der Waals surface area (Å²) >= 11 is 0. The third-order valence-electron chi connectivity index (χ3n) is 3.06. The Kier molecular flexibility index (Phi) is 7.57. The van der Waals surface area contributed by atoms with Gasteiger partial charge in [-0.2, -0.15) is 0 Å². The van der Waals surface area contributed by atoms with E-state index in [0.29, 0.717) is 6.54 Å². The molecule has 1 heterocycles. The lowest BCUT2D eigenvalue weighted by Crippen LogP contribution is -2.38. The van der Waals surface area contributed by atoms with Crippen LogP contribution in [-0.2, 0) is 6.42 Å². The highest BCUT2D eigenvalue weighted by atomic mass is 16.3. The molecule has 102 valence electrons. The average molecular weight is 251 g/mol. The molecule has 0 fully saturated rings. The number of pyridine rings is 1. The minimum atomic E-state index is -0.293. The predicted octanol–water partition coefficient (Wildman–Crippen LogP) is 0.916. The average Bonchev–Trinajstić information content (AvgIpc) is 2.42. The van der Waals surface area contributed by atoms with Gasteiger partial charge in [-0.25, -0.2) is 0 Å². The van der Waals surface area contributed by atoms with E-state index in [2.05, 4.69) is 35.1 Å². The Morgan fingerprint density at radius 3 is 2.78 bits per heavy atom. The minimum Gasteiger partial charge on any atom is -0.390 e. The van der Waals surface area contributed by atoms with Crippen molar-refractivity contribution in [1.29, 1.82) is 0 Å². The van der Waals surface area contributed by atoms with Crippen LogP contribution >= 0.6 is 0 Å². The Balaban J connectivity index is 2.10. The molecule has 0 aliphatic rings. The van der Waals surface area contributed by atoms with Crippen LogP contribution in [0.3, 0.4) is 0 Å². The molecule has 0 radical (unpaired) electrons. The maximum atomic E-state index is 9.86. The second kappa shape index (κ2) is 9.03. The van der Waals surface area contributed by atoms with Crippen LogP contribution in [0.15, 0.2) is 24.5 Å². The predicted molar refractivity (Wildman–Crippen MR) is 74.6 cm³/mol. The molecule has 0 aromatic carbocycles. The molecular formula is C14H25N3O. The highest BCUT2D eigenvalue weighted by Crippen LogP contribution is 1.96. The molecule has 0 bridgehead atoms. The number of aromatic nitrogens is 1. The van der Waals surface area contributed by atoms with Gasteiger partial charge in [0.2, 0.25) is 0 Å². The maximum Gasteiger partial charge on any atom is 0.0791 e. The van der Waals surface area contributed by atoms with Gasteiger partial charge in [-0.3, -0.25) is 4.98 Å². The summed E-state index contributed by atoms with van der Waals surface area (Å²) in [6.07, 6.45) is 4.32. The first kappa shape index (κ1) is 15.1. The van der Waals surface area contributed by atoms with E-state index in [9.17, 15) is 5.11 Å². The Hall–Kier alpha value is -0.970. The monoisotopic (exact) mass is 251 g/mol. The van der Waals surface area contributed by atoms with Crippen LogP contribution in [0, 0.1) is 0 Å². The summed E-state index contributed by atoms with van der Waals surface area (Å²) in [6, 6.07) is 4.02. The van der Waals surface area contributed by atoms with Gasteiger partial charge < -0.3 is 15.3 Å². The van der Waals surface area contributed by atoms with E-state index in [1.165, 1.54) is 5.56 Å². The van der Waals surface area contributed by atoms with Crippen molar-refractivity contribution in [1.82, 2.24) is 15.2 Å². The van der Waals surface area contributed by atoms with Gasteiger partial charge in [-0.05, 0) is 37.7 Å². The third kappa shape index (κ3) is 6.10. The molecule has 0 aliphatic carbocycles. The molecule has 4 nitrogen and oxygen atoms in total. The van der Waals surface area contributed by atoms with Gasteiger partial charge in [0.15, 0.2) is 0 Å². The van der Waals surface area contributed by atoms with Crippen molar-refractivity contribution in [2.45, 2.75) is 26.4 Å². The molecule has 18 heavy (non-hydrogen) atoms. The molecule has 0 amide bonds. The zero-order valence-corrected chi connectivity index (χ0v) is 11.5. The maximum absolute atomic E-state index is 9.86. The van der Waals surface area contributed by atoms with Crippen LogP contribution in [0.5, 0.6) is 0 Å². The number of hydrogen-bond donors (Lipinski definition) is 2. The fourth-order valence-corrected chi connectivity index (χ4v) is 1.89. The minimum absolute atomic E-state index is 0.293. The van der Waals surface area contributed by atoms with Gasteiger partial charge >= 0.3 is 0 Å². The van der Waals surface area contributed by atoms with E-state index in [-0.39, 0.29) is 6.10 Å². The second-order valence-electron chi connectivity index (χ2n) is 4.46. The van der Waals surface area contributed by atoms with Crippen LogP contribution in [0.25, 0.3) is 0 Å². The summed E-state index contributed by atoms with van der Waals surface area (Å²) in [5, 5.41) is 13.1. The quantitative estimate of drug-likeness (QED) is 0.641. The van der Waals surface area contributed by atoms with E-state index in [0.717, 1.165) is 32.6 Å². The number of rotatable bonds is 9. The fourth-order valence-electron chi connectivity index (χ4n) is 1.89. The van der Waals surface area contributed by atoms with Crippen LogP contribution in [-0.4, -0.2) is 53.8 Å². The van der Waals surface area contributed by atoms with Crippen molar-refractivity contribution >= 4 is 0 Å². The molecule has 4 heteroatoms. The number of nitrogens with zero attached hydrogens (tertiary/aromatic N) is 2. The molecule has 0 saturated carbocycles. The number of hydrogen-bond acceptors (Lipinski definition) is 4. The van der Waals surface area contributed by atoms with Crippen molar-refractivity contribution in [3.8, 4) is 0 Å². The Morgan fingerprint density at radius 1 is 1.39 bits per heavy atom. The molecule has 0 spiro atoms. The van der Waals surface area contributed by atoms with Crippen molar-refractivity contribution < 1.29 is 5.11 Å². The van der Waals surface area contributed by atoms with Crippen LogP contribution in [0.2, 0.25) is 0 Å². The Bertz CT molecular complexity index is 301. The van der Waals surface area contributed by atoms with E-state index in [4.69, 9.17) is 0 Å². The van der Waals surface area contributed by atoms with Gasteiger partial charge in [-0.15, -0.1) is 0 Å². The van der Waals surface area contributed by atoms with Gasteiger partial charge in [0.05, 0.1) is 6.10 Å². The topological polar surface area (TPSA) is 48.4 Å². The summed E-state index contributed by atoms with van der Waals surface area (Å²) in [7, 11) is 0. The lowest BCUT2D eigenvalue weighted by Gasteiger charge is -2.22. The number of likely N-dealkylation sites (N-methyl/N-ethyl adjacent to an activating group) is 1. The molecule has 0 saturated heterocycles. The largest absolute Gasteiger partial charge is 0.390 e. The number of aliphatic hydroxyl groups excluding tert-OH is 1. The van der Waals surface area contributed by atoms with Crippen molar-refractivity contribution in [2.24, 2.45) is 0 Å². The highest BCUT2D eigenvalue weighted by Gasteiger charge is 2.07. The number of aliphatic hydroxyl groups is 1. The van der Waals surface area contributed by atoms with E-state index in [1.807, 2.05) is 12.3 Å². The molecule has 0 aliphatic heterocycles. The zero-order chi connectivity index (χ0) is 13.2. The summed E-state index contributed by atoms with van der Waals surface area (Å²) in [4.78, 5) is 6.31.